The number of nitrogens with one attached hydrogen (secondary N) is 1. The molecule has 1 amide bonds. The van der Waals surface area contributed by atoms with Gasteiger partial charge >= 0.3 is 0 Å². The normalized spacial score (nSPS) is 16.7. The number of thiazole rings is 1. The number of rotatable bonds is 6. The van der Waals surface area contributed by atoms with Gasteiger partial charge in [-0.3, -0.25) is 9.69 Å². The second kappa shape index (κ2) is 8.78. The Hall–Kier alpha value is -2.75. The fraction of sp³-hybridized carbons (Fsp3) is 0.273. The van der Waals surface area contributed by atoms with Gasteiger partial charge in [-0.1, -0.05) is 35.6 Å². The van der Waals surface area contributed by atoms with E-state index < -0.39 is 0 Å². The van der Waals surface area contributed by atoms with Crippen LogP contribution in [0.4, 0.5) is 4.39 Å². The predicted molar refractivity (Wildman–Crippen MR) is 119 cm³/mol. The van der Waals surface area contributed by atoms with Crippen LogP contribution in [0.1, 0.15) is 44.3 Å². The second-order valence-electron chi connectivity index (χ2n) is 7.46. The molecular weight excluding hydrogens is 433 g/mol. The first-order valence-corrected chi connectivity index (χ1v) is 11.7. The fourth-order valence-electron chi connectivity index (χ4n) is 3.77. The van der Waals surface area contributed by atoms with Crippen molar-refractivity contribution in [3.8, 4) is 0 Å². The number of benzene rings is 2. The Morgan fingerprint density at radius 1 is 1.13 bits per heavy atom. The fourth-order valence-corrected chi connectivity index (χ4v) is 5.69. The molecule has 1 aliphatic rings. The number of carbonyl (C=O) groups excluding carboxylic acids is 1. The molecule has 2 aromatic carbocycles. The Balaban J connectivity index is 1.23. The smallest absolute Gasteiger partial charge is 0.282 e. The van der Waals surface area contributed by atoms with Gasteiger partial charge in [0.1, 0.15) is 15.8 Å². The van der Waals surface area contributed by atoms with Crippen LogP contribution in [0.2, 0.25) is 0 Å². The maximum absolute atomic E-state index is 13.0. The molecule has 0 saturated carbocycles. The third kappa shape index (κ3) is 4.48. The molecule has 4 aromatic rings. The number of likely N-dealkylation sites (tertiary alicyclic amines) is 1. The van der Waals surface area contributed by atoms with Gasteiger partial charge in [0, 0.05) is 6.54 Å². The van der Waals surface area contributed by atoms with Gasteiger partial charge in [0.05, 0.1) is 22.8 Å². The molecule has 1 N–H and O–H groups in total. The molecule has 1 aliphatic heterocycles. The van der Waals surface area contributed by atoms with E-state index in [1.807, 2.05) is 12.1 Å². The minimum Gasteiger partial charge on any atom is -0.346 e. The van der Waals surface area contributed by atoms with Crippen LogP contribution in [-0.2, 0) is 13.1 Å². The number of hydrogen-bond donors (Lipinski definition) is 1. The zero-order valence-corrected chi connectivity index (χ0v) is 18.3. The van der Waals surface area contributed by atoms with Crippen molar-refractivity contribution in [1.82, 2.24) is 25.4 Å². The number of para-hydroxylation sites is 1. The van der Waals surface area contributed by atoms with Crippen molar-refractivity contribution < 1.29 is 9.18 Å². The summed E-state index contributed by atoms with van der Waals surface area (Å²) in [5.74, 6) is -0.563. The molecule has 1 saturated heterocycles. The molecule has 158 valence electrons. The summed E-state index contributed by atoms with van der Waals surface area (Å²) in [6.07, 6.45) is 2.19. The molecule has 1 unspecified atom stereocenters. The van der Waals surface area contributed by atoms with E-state index in [0.29, 0.717) is 18.1 Å². The van der Waals surface area contributed by atoms with Gasteiger partial charge in [0.2, 0.25) is 5.01 Å². The van der Waals surface area contributed by atoms with Gasteiger partial charge in [0.25, 0.3) is 5.91 Å². The van der Waals surface area contributed by atoms with Crippen LogP contribution in [0.3, 0.4) is 0 Å². The Kier molecular flexibility index (Phi) is 5.71. The van der Waals surface area contributed by atoms with E-state index in [-0.39, 0.29) is 17.8 Å². The Morgan fingerprint density at radius 2 is 1.97 bits per heavy atom. The lowest BCUT2D eigenvalue weighted by atomic mass is 10.2. The number of nitrogens with zero attached hydrogens (tertiary/aromatic N) is 4. The topological polar surface area (TPSA) is 71.0 Å². The highest BCUT2D eigenvalue weighted by molar-refractivity contribution is 7.18. The Morgan fingerprint density at radius 3 is 2.81 bits per heavy atom. The molecule has 0 radical (unpaired) electrons. The molecule has 3 heterocycles. The van der Waals surface area contributed by atoms with Crippen molar-refractivity contribution >= 4 is 38.8 Å². The van der Waals surface area contributed by atoms with Gasteiger partial charge in [-0.05, 0) is 49.2 Å². The first kappa shape index (κ1) is 20.2. The van der Waals surface area contributed by atoms with E-state index in [1.165, 1.54) is 28.2 Å². The summed E-state index contributed by atoms with van der Waals surface area (Å²) in [4.78, 5) is 19.6. The molecule has 9 heteroatoms. The van der Waals surface area contributed by atoms with Crippen LogP contribution in [0.15, 0.2) is 48.5 Å². The van der Waals surface area contributed by atoms with Gasteiger partial charge in [-0.15, -0.1) is 21.5 Å². The number of carbonyl (C=O) groups is 1. The summed E-state index contributed by atoms with van der Waals surface area (Å²) in [7, 11) is 0. The largest absolute Gasteiger partial charge is 0.346 e. The highest BCUT2D eigenvalue weighted by atomic mass is 32.1. The molecule has 0 spiro atoms. The maximum Gasteiger partial charge on any atom is 0.282 e. The third-order valence-electron chi connectivity index (χ3n) is 5.32. The highest BCUT2D eigenvalue weighted by Crippen LogP contribution is 2.37. The predicted octanol–water partition coefficient (Wildman–Crippen LogP) is 4.55. The Bertz CT molecular complexity index is 1170. The van der Waals surface area contributed by atoms with Crippen molar-refractivity contribution in [2.75, 3.05) is 6.54 Å². The quantitative estimate of drug-likeness (QED) is 0.464. The number of hydrogen-bond acceptors (Lipinski definition) is 7. The highest BCUT2D eigenvalue weighted by Gasteiger charge is 2.29. The number of halogens is 1. The molecular formula is C22H20FN5OS2. The van der Waals surface area contributed by atoms with E-state index in [4.69, 9.17) is 4.98 Å². The van der Waals surface area contributed by atoms with Crippen molar-refractivity contribution in [3.05, 3.63) is 74.9 Å². The van der Waals surface area contributed by atoms with Crippen LogP contribution >= 0.6 is 22.7 Å². The average molecular weight is 454 g/mol. The zero-order valence-electron chi connectivity index (χ0n) is 16.6. The van der Waals surface area contributed by atoms with Gasteiger partial charge in [-0.2, -0.15) is 0 Å². The summed E-state index contributed by atoms with van der Waals surface area (Å²) < 4.78 is 14.2. The summed E-state index contributed by atoms with van der Waals surface area (Å²) in [5, 5.41) is 13.4. The minimum absolute atomic E-state index is 0.266. The van der Waals surface area contributed by atoms with Crippen LogP contribution in [0.5, 0.6) is 0 Å². The van der Waals surface area contributed by atoms with E-state index in [0.717, 1.165) is 40.5 Å². The van der Waals surface area contributed by atoms with Crippen LogP contribution in [-0.4, -0.2) is 32.5 Å². The van der Waals surface area contributed by atoms with Crippen molar-refractivity contribution in [1.29, 1.82) is 0 Å². The van der Waals surface area contributed by atoms with Crippen LogP contribution < -0.4 is 5.32 Å². The first-order valence-electron chi connectivity index (χ1n) is 10.1. The number of amides is 1. The lowest BCUT2D eigenvalue weighted by molar-refractivity contribution is 0.0950. The van der Waals surface area contributed by atoms with Crippen molar-refractivity contribution in [2.24, 2.45) is 0 Å². The maximum atomic E-state index is 13.0. The van der Waals surface area contributed by atoms with Crippen LogP contribution in [0, 0.1) is 5.82 Å². The standard InChI is InChI=1S/C22H20FN5OS2/c23-15-9-7-14(8-10-15)12-24-20(29)22-27-26-19(31-22)13-28-11-3-5-17(28)21-25-16-4-1-2-6-18(16)30-21/h1-2,4,6-10,17H,3,5,11-13H2,(H,24,29). The van der Waals surface area contributed by atoms with Gasteiger partial charge in [-0.25, -0.2) is 9.37 Å². The Labute approximate surface area is 186 Å². The zero-order chi connectivity index (χ0) is 21.2. The van der Waals surface area contributed by atoms with E-state index in [2.05, 4.69) is 32.5 Å². The second-order valence-corrected chi connectivity index (χ2v) is 9.58. The number of fused-ring (bicyclic) bond motifs is 1. The molecule has 6 nitrogen and oxygen atoms in total. The van der Waals surface area contributed by atoms with Crippen molar-refractivity contribution in [3.63, 3.8) is 0 Å². The van der Waals surface area contributed by atoms with Gasteiger partial charge in [0.15, 0.2) is 0 Å². The summed E-state index contributed by atoms with van der Waals surface area (Å²) in [6, 6.07) is 14.5. The first-order chi connectivity index (χ1) is 15.2. The molecule has 1 atom stereocenters. The van der Waals surface area contributed by atoms with Gasteiger partial charge < -0.3 is 5.32 Å². The van der Waals surface area contributed by atoms with E-state index in [9.17, 15) is 9.18 Å². The monoisotopic (exact) mass is 453 g/mol. The molecule has 1 fully saturated rings. The van der Waals surface area contributed by atoms with E-state index in [1.54, 1.807) is 23.5 Å². The lowest BCUT2D eigenvalue weighted by Gasteiger charge is -2.21. The molecule has 2 aromatic heterocycles. The average Bonchev–Trinajstić information content (AvgIpc) is 3.52. The summed E-state index contributed by atoms with van der Waals surface area (Å²) in [6.45, 7) is 1.95. The summed E-state index contributed by atoms with van der Waals surface area (Å²) in [5.41, 5.74) is 1.88. The molecule has 31 heavy (non-hydrogen) atoms. The number of aromatic nitrogens is 3. The third-order valence-corrected chi connectivity index (χ3v) is 7.37. The SMILES string of the molecule is O=C(NCc1ccc(F)cc1)c1nnc(CN2CCCC2c2nc3ccccc3s2)s1. The molecule has 0 aliphatic carbocycles. The minimum atomic E-state index is -0.296. The van der Waals surface area contributed by atoms with E-state index >= 15 is 0 Å². The molecule has 5 rings (SSSR count). The lowest BCUT2D eigenvalue weighted by Crippen LogP contribution is -2.22. The van der Waals surface area contributed by atoms with Crippen molar-refractivity contribution in [2.45, 2.75) is 32.0 Å². The summed E-state index contributed by atoms with van der Waals surface area (Å²) >= 11 is 3.07. The molecule has 0 bridgehead atoms. The van der Waals surface area contributed by atoms with Crippen LogP contribution in [0.25, 0.3) is 10.2 Å².